The number of rotatable bonds is 5. The van der Waals surface area contributed by atoms with Crippen molar-refractivity contribution in [1.82, 2.24) is 9.78 Å². The second kappa shape index (κ2) is 6.06. The van der Waals surface area contributed by atoms with E-state index in [2.05, 4.69) is 18.9 Å². The minimum Gasteiger partial charge on any atom is -0.367 e. The van der Waals surface area contributed by atoms with E-state index in [9.17, 15) is 0 Å². The fourth-order valence-electron chi connectivity index (χ4n) is 3.01. The Balaban J connectivity index is 1.89. The van der Waals surface area contributed by atoms with E-state index < -0.39 is 0 Å². The molecule has 1 aliphatic rings. The average molecular weight is 265 g/mol. The Morgan fingerprint density at radius 3 is 2.63 bits per heavy atom. The highest BCUT2D eigenvalue weighted by molar-refractivity contribution is 4.98. The molecule has 4 heteroatoms. The van der Waals surface area contributed by atoms with E-state index in [0.717, 1.165) is 30.4 Å². The van der Waals surface area contributed by atoms with E-state index in [1.807, 2.05) is 24.0 Å². The standard InChI is InChI=1S/C15H27N3O/c1-12(2)13-4-7-15(11-16,8-5-13)19-10-14-6-9-18(3)17-14/h6,9,12-13H,4-5,7-8,10-11,16H2,1-3H3. The lowest BCUT2D eigenvalue weighted by Gasteiger charge is -2.40. The van der Waals surface area contributed by atoms with Crippen molar-refractivity contribution < 1.29 is 4.74 Å². The van der Waals surface area contributed by atoms with Crippen molar-refractivity contribution in [3.8, 4) is 0 Å². The minimum atomic E-state index is -0.122. The highest BCUT2D eigenvalue weighted by atomic mass is 16.5. The molecule has 0 saturated heterocycles. The number of aryl methyl sites for hydroxylation is 1. The topological polar surface area (TPSA) is 53.1 Å². The maximum Gasteiger partial charge on any atom is 0.0914 e. The van der Waals surface area contributed by atoms with Crippen LogP contribution in [-0.4, -0.2) is 21.9 Å². The van der Waals surface area contributed by atoms with E-state index in [4.69, 9.17) is 10.5 Å². The van der Waals surface area contributed by atoms with Crippen molar-refractivity contribution in [2.75, 3.05) is 6.54 Å². The summed E-state index contributed by atoms with van der Waals surface area (Å²) in [5.41, 5.74) is 6.84. The molecule has 1 heterocycles. The van der Waals surface area contributed by atoms with E-state index in [0.29, 0.717) is 13.2 Å². The van der Waals surface area contributed by atoms with Crippen molar-refractivity contribution >= 4 is 0 Å². The van der Waals surface area contributed by atoms with Gasteiger partial charge < -0.3 is 10.5 Å². The van der Waals surface area contributed by atoms with Gasteiger partial charge in [-0.25, -0.2) is 0 Å². The van der Waals surface area contributed by atoms with Gasteiger partial charge in [-0.15, -0.1) is 0 Å². The average Bonchev–Trinajstić information content (AvgIpc) is 2.83. The summed E-state index contributed by atoms with van der Waals surface area (Å²) in [6.07, 6.45) is 6.58. The molecule has 1 saturated carbocycles. The molecule has 0 unspecified atom stereocenters. The number of nitrogens with zero attached hydrogens (tertiary/aromatic N) is 2. The molecule has 0 amide bonds. The largest absolute Gasteiger partial charge is 0.367 e. The predicted molar refractivity (Wildman–Crippen MR) is 76.6 cm³/mol. The molecule has 1 aromatic heterocycles. The maximum atomic E-state index is 6.15. The molecule has 0 atom stereocenters. The summed E-state index contributed by atoms with van der Waals surface area (Å²) < 4.78 is 7.96. The Hall–Kier alpha value is -0.870. The molecule has 1 aromatic rings. The molecular formula is C15H27N3O. The highest BCUT2D eigenvalue weighted by Gasteiger charge is 2.36. The first kappa shape index (κ1) is 14.5. The Bertz CT molecular complexity index is 392. The molecule has 2 rings (SSSR count). The second-order valence-electron chi connectivity index (χ2n) is 6.24. The third kappa shape index (κ3) is 3.57. The zero-order chi connectivity index (χ0) is 13.9. The smallest absolute Gasteiger partial charge is 0.0914 e. The summed E-state index contributed by atoms with van der Waals surface area (Å²) in [6.45, 7) is 5.82. The summed E-state index contributed by atoms with van der Waals surface area (Å²) in [7, 11) is 1.93. The third-order valence-corrected chi connectivity index (χ3v) is 4.55. The lowest BCUT2D eigenvalue weighted by atomic mass is 9.74. The fraction of sp³-hybridized carbons (Fsp3) is 0.800. The number of hydrogen-bond acceptors (Lipinski definition) is 3. The van der Waals surface area contributed by atoms with Crippen LogP contribution in [0.3, 0.4) is 0 Å². The van der Waals surface area contributed by atoms with Crippen molar-refractivity contribution in [2.45, 2.75) is 51.7 Å². The zero-order valence-corrected chi connectivity index (χ0v) is 12.4. The van der Waals surface area contributed by atoms with Gasteiger partial charge in [-0.2, -0.15) is 5.10 Å². The fourth-order valence-corrected chi connectivity index (χ4v) is 3.01. The van der Waals surface area contributed by atoms with Gasteiger partial charge in [0.2, 0.25) is 0 Å². The molecule has 1 aliphatic carbocycles. The van der Waals surface area contributed by atoms with Crippen molar-refractivity contribution in [3.05, 3.63) is 18.0 Å². The molecular weight excluding hydrogens is 238 g/mol. The third-order valence-electron chi connectivity index (χ3n) is 4.55. The highest BCUT2D eigenvalue weighted by Crippen LogP contribution is 2.37. The number of aromatic nitrogens is 2. The van der Waals surface area contributed by atoms with Gasteiger partial charge in [0.25, 0.3) is 0 Å². The normalized spacial score (nSPS) is 27.9. The first-order chi connectivity index (χ1) is 9.04. The van der Waals surface area contributed by atoms with Crippen LogP contribution >= 0.6 is 0 Å². The van der Waals surface area contributed by atoms with Gasteiger partial charge in [0.15, 0.2) is 0 Å². The molecule has 108 valence electrons. The Morgan fingerprint density at radius 2 is 2.16 bits per heavy atom. The van der Waals surface area contributed by atoms with Gasteiger partial charge in [-0.1, -0.05) is 13.8 Å². The molecule has 0 aromatic carbocycles. The SMILES string of the molecule is CC(C)C1CCC(CN)(OCc2ccn(C)n2)CC1. The molecule has 2 N–H and O–H groups in total. The van der Waals surface area contributed by atoms with Crippen molar-refractivity contribution in [1.29, 1.82) is 0 Å². The lowest BCUT2D eigenvalue weighted by Crippen LogP contribution is -2.44. The van der Waals surface area contributed by atoms with E-state index in [-0.39, 0.29) is 5.60 Å². The first-order valence-electron chi connectivity index (χ1n) is 7.37. The summed E-state index contributed by atoms with van der Waals surface area (Å²) in [5, 5.41) is 4.35. The van der Waals surface area contributed by atoms with Crippen LogP contribution in [0.4, 0.5) is 0 Å². The number of nitrogens with two attached hydrogens (primary N) is 1. The summed E-state index contributed by atoms with van der Waals surface area (Å²) in [6, 6.07) is 2.00. The van der Waals surface area contributed by atoms with Gasteiger partial charge in [0.1, 0.15) is 0 Å². The lowest BCUT2D eigenvalue weighted by molar-refractivity contribution is -0.0851. The van der Waals surface area contributed by atoms with E-state index >= 15 is 0 Å². The summed E-state index contributed by atoms with van der Waals surface area (Å²) in [5.74, 6) is 1.60. The van der Waals surface area contributed by atoms with Crippen LogP contribution < -0.4 is 5.73 Å². The second-order valence-corrected chi connectivity index (χ2v) is 6.24. The van der Waals surface area contributed by atoms with Gasteiger partial charge in [0, 0.05) is 19.8 Å². The van der Waals surface area contributed by atoms with Crippen molar-refractivity contribution in [3.63, 3.8) is 0 Å². The van der Waals surface area contributed by atoms with E-state index in [1.165, 1.54) is 12.8 Å². The number of hydrogen-bond donors (Lipinski definition) is 1. The molecule has 4 nitrogen and oxygen atoms in total. The molecule has 1 fully saturated rings. The van der Waals surface area contributed by atoms with Gasteiger partial charge >= 0.3 is 0 Å². The van der Waals surface area contributed by atoms with Gasteiger partial charge in [-0.05, 0) is 43.6 Å². The predicted octanol–water partition coefficient (Wildman–Crippen LogP) is 2.48. The molecule has 0 aliphatic heterocycles. The van der Waals surface area contributed by atoms with Crippen LogP contribution in [0.25, 0.3) is 0 Å². The van der Waals surface area contributed by atoms with Crippen LogP contribution in [0.2, 0.25) is 0 Å². The van der Waals surface area contributed by atoms with E-state index in [1.54, 1.807) is 0 Å². The molecule has 0 radical (unpaired) electrons. The number of ether oxygens (including phenoxy) is 1. The minimum absolute atomic E-state index is 0.122. The Kier molecular flexibility index (Phi) is 4.63. The Morgan fingerprint density at radius 1 is 1.47 bits per heavy atom. The van der Waals surface area contributed by atoms with Crippen LogP contribution in [0.5, 0.6) is 0 Å². The molecule has 0 bridgehead atoms. The van der Waals surface area contributed by atoms with Crippen LogP contribution in [-0.2, 0) is 18.4 Å². The molecule has 0 spiro atoms. The van der Waals surface area contributed by atoms with Crippen LogP contribution in [0.15, 0.2) is 12.3 Å². The Labute approximate surface area is 116 Å². The summed E-state index contributed by atoms with van der Waals surface area (Å²) in [4.78, 5) is 0. The quantitative estimate of drug-likeness (QED) is 0.890. The monoisotopic (exact) mass is 265 g/mol. The van der Waals surface area contributed by atoms with Gasteiger partial charge in [0.05, 0.1) is 17.9 Å². The van der Waals surface area contributed by atoms with Gasteiger partial charge in [-0.3, -0.25) is 4.68 Å². The first-order valence-corrected chi connectivity index (χ1v) is 7.37. The van der Waals surface area contributed by atoms with Crippen LogP contribution in [0, 0.1) is 11.8 Å². The zero-order valence-electron chi connectivity index (χ0n) is 12.4. The molecule has 19 heavy (non-hydrogen) atoms. The van der Waals surface area contributed by atoms with Crippen LogP contribution in [0.1, 0.15) is 45.2 Å². The maximum absolute atomic E-state index is 6.15. The van der Waals surface area contributed by atoms with Crippen molar-refractivity contribution in [2.24, 2.45) is 24.6 Å². The summed E-state index contributed by atoms with van der Waals surface area (Å²) >= 11 is 0.